The quantitative estimate of drug-likeness (QED) is 0.702. The first kappa shape index (κ1) is 19.2. The molecule has 0 aliphatic rings. The summed E-state index contributed by atoms with van der Waals surface area (Å²) in [7, 11) is 0. The van der Waals surface area contributed by atoms with E-state index in [1.807, 2.05) is 42.5 Å². The molecule has 1 aromatic heterocycles. The lowest BCUT2D eigenvalue weighted by Crippen LogP contribution is -2.35. The van der Waals surface area contributed by atoms with Crippen LogP contribution in [0.15, 0.2) is 55.1 Å². The first-order chi connectivity index (χ1) is 12.0. The Balaban J connectivity index is 2.12. The van der Waals surface area contributed by atoms with Crippen molar-refractivity contribution in [3.8, 4) is 0 Å². The summed E-state index contributed by atoms with van der Waals surface area (Å²) in [6.07, 6.45) is 1.89. The first-order valence-electron chi connectivity index (χ1n) is 7.94. The highest BCUT2D eigenvalue weighted by atomic mass is 35.5. The Kier molecular flexibility index (Phi) is 7.22. The van der Waals surface area contributed by atoms with Crippen molar-refractivity contribution < 1.29 is 9.59 Å². The van der Waals surface area contributed by atoms with Crippen LogP contribution in [0.5, 0.6) is 0 Å². The van der Waals surface area contributed by atoms with E-state index in [9.17, 15) is 9.59 Å². The highest BCUT2D eigenvalue weighted by Gasteiger charge is 2.21. The van der Waals surface area contributed by atoms with Gasteiger partial charge in [0, 0.05) is 18.3 Å². The van der Waals surface area contributed by atoms with Gasteiger partial charge in [-0.3, -0.25) is 9.59 Å². The van der Waals surface area contributed by atoms with Crippen molar-refractivity contribution in [2.24, 2.45) is 0 Å². The highest BCUT2D eigenvalue weighted by molar-refractivity contribution is 7.16. The molecule has 1 N–H and O–H groups in total. The SMILES string of the molecule is C=CCN(Cc1ccc(Cl)s1)C(=O)C[C@H](NC(C)=O)c1ccccc1. The zero-order chi connectivity index (χ0) is 18.2. The van der Waals surface area contributed by atoms with Gasteiger partial charge in [-0.2, -0.15) is 0 Å². The molecule has 2 rings (SSSR count). The second-order valence-corrected chi connectivity index (χ2v) is 7.44. The number of nitrogens with one attached hydrogen (secondary N) is 1. The number of thiophene rings is 1. The van der Waals surface area contributed by atoms with E-state index in [2.05, 4.69) is 11.9 Å². The van der Waals surface area contributed by atoms with Crippen LogP contribution in [0.25, 0.3) is 0 Å². The van der Waals surface area contributed by atoms with E-state index >= 15 is 0 Å². The zero-order valence-corrected chi connectivity index (χ0v) is 15.6. The number of halogens is 1. The fourth-order valence-corrected chi connectivity index (χ4v) is 3.63. The number of amides is 2. The molecule has 0 bridgehead atoms. The van der Waals surface area contributed by atoms with E-state index in [-0.39, 0.29) is 24.3 Å². The summed E-state index contributed by atoms with van der Waals surface area (Å²) < 4.78 is 0.696. The molecule has 0 aliphatic heterocycles. The molecule has 1 aromatic carbocycles. The summed E-state index contributed by atoms with van der Waals surface area (Å²) in [4.78, 5) is 27.1. The molecule has 2 amide bonds. The lowest BCUT2D eigenvalue weighted by Gasteiger charge is -2.24. The largest absolute Gasteiger partial charge is 0.349 e. The van der Waals surface area contributed by atoms with Gasteiger partial charge in [-0.15, -0.1) is 17.9 Å². The maximum absolute atomic E-state index is 12.8. The zero-order valence-electron chi connectivity index (χ0n) is 14.1. The monoisotopic (exact) mass is 376 g/mol. The van der Waals surface area contributed by atoms with Crippen molar-refractivity contribution in [1.82, 2.24) is 10.2 Å². The van der Waals surface area contributed by atoms with Crippen molar-refractivity contribution >= 4 is 34.8 Å². The molecule has 2 aromatic rings. The van der Waals surface area contributed by atoms with Crippen molar-refractivity contribution in [3.63, 3.8) is 0 Å². The van der Waals surface area contributed by atoms with Crippen LogP contribution in [0, 0.1) is 0 Å². The number of benzene rings is 1. The molecule has 0 saturated carbocycles. The van der Waals surface area contributed by atoms with Gasteiger partial charge in [-0.1, -0.05) is 48.0 Å². The van der Waals surface area contributed by atoms with E-state index < -0.39 is 0 Å². The number of rotatable bonds is 8. The van der Waals surface area contributed by atoms with E-state index in [4.69, 9.17) is 11.6 Å². The van der Waals surface area contributed by atoms with Crippen LogP contribution in [-0.2, 0) is 16.1 Å². The van der Waals surface area contributed by atoms with Crippen molar-refractivity contribution in [2.45, 2.75) is 25.9 Å². The predicted molar refractivity (Wildman–Crippen MR) is 103 cm³/mol. The topological polar surface area (TPSA) is 49.4 Å². The van der Waals surface area contributed by atoms with Gasteiger partial charge in [-0.25, -0.2) is 0 Å². The minimum atomic E-state index is -0.356. The van der Waals surface area contributed by atoms with Crippen LogP contribution in [0.4, 0.5) is 0 Å². The average Bonchev–Trinajstić information content (AvgIpc) is 2.99. The number of nitrogens with zero attached hydrogens (tertiary/aromatic N) is 1. The molecule has 0 aliphatic carbocycles. The van der Waals surface area contributed by atoms with Crippen LogP contribution >= 0.6 is 22.9 Å². The molecule has 25 heavy (non-hydrogen) atoms. The number of carbonyl (C=O) groups excluding carboxylic acids is 2. The Morgan fingerprint density at radius 2 is 2.00 bits per heavy atom. The molecule has 1 atom stereocenters. The molecular formula is C19H21ClN2O2S. The maximum Gasteiger partial charge on any atom is 0.225 e. The molecule has 0 spiro atoms. The minimum absolute atomic E-state index is 0.0491. The first-order valence-corrected chi connectivity index (χ1v) is 9.14. The fraction of sp³-hybridized carbons (Fsp3) is 0.263. The van der Waals surface area contributed by atoms with Gasteiger partial charge in [0.05, 0.1) is 23.3 Å². The summed E-state index contributed by atoms with van der Waals surface area (Å²) in [6.45, 7) is 6.10. The van der Waals surface area contributed by atoms with Gasteiger partial charge in [0.25, 0.3) is 0 Å². The van der Waals surface area contributed by atoms with E-state index in [0.717, 1.165) is 10.4 Å². The van der Waals surface area contributed by atoms with Gasteiger partial charge >= 0.3 is 0 Å². The highest BCUT2D eigenvalue weighted by Crippen LogP contribution is 2.24. The molecule has 1 heterocycles. The second kappa shape index (κ2) is 9.39. The number of carbonyl (C=O) groups is 2. The predicted octanol–water partition coefficient (Wildman–Crippen LogP) is 4.18. The Hall–Kier alpha value is -2.11. The third-order valence-corrected chi connectivity index (χ3v) is 4.85. The summed E-state index contributed by atoms with van der Waals surface area (Å²) in [6, 6.07) is 12.9. The number of hydrogen-bond acceptors (Lipinski definition) is 3. The van der Waals surface area contributed by atoms with Gasteiger partial charge < -0.3 is 10.2 Å². The minimum Gasteiger partial charge on any atom is -0.349 e. The van der Waals surface area contributed by atoms with Crippen molar-refractivity contribution in [2.75, 3.05) is 6.54 Å². The smallest absolute Gasteiger partial charge is 0.225 e. The Labute approximate surface area is 157 Å². The second-order valence-electron chi connectivity index (χ2n) is 5.64. The Morgan fingerprint density at radius 1 is 1.28 bits per heavy atom. The van der Waals surface area contributed by atoms with Gasteiger partial charge in [0.15, 0.2) is 0 Å². The Morgan fingerprint density at radius 3 is 2.56 bits per heavy atom. The lowest BCUT2D eigenvalue weighted by molar-refractivity contribution is -0.132. The standard InChI is InChI=1S/C19H21ClN2O2S/c1-3-11-22(13-16-9-10-18(20)25-16)19(24)12-17(21-14(2)23)15-7-5-4-6-8-15/h3-10,17H,1,11-13H2,2H3,(H,21,23)/t17-/m0/s1. The summed E-state index contributed by atoms with van der Waals surface area (Å²) in [5, 5.41) is 2.86. The van der Waals surface area contributed by atoms with E-state index in [1.54, 1.807) is 11.0 Å². The molecule has 0 unspecified atom stereocenters. The van der Waals surface area contributed by atoms with Crippen LogP contribution < -0.4 is 5.32 Å². The van der Waals surface area contributed by atoms with E-state index in [0.29, 0.717) is 17.4 Å². The van der Waals surface area contributed by atoms with Crippen LogP contribution in [0.1, 0.15) is 29.8 Å². The van der Waals surface area contributed by atoms with Crippen molar-refractivity contribution in [3.05, 3.63) is 69.9 Å². The van der Waals surface area contributed by atoms with Crippen LogP contribution in [0.3, 0.4) is 0 Å². The van der Waals surface area contributed by atoms with E-state index in [1.165, 1.54) is 18.3 Å². The summed E-state index contributed by atoms with van der Waals surface area (Å²) in [5.74, 6) is -0.214. The summed E-state index contributed by atoms with van der Waals surface area (Å²) >= 11 is 7.42. The molecule has 6 heteroatoms. The molecule has 0 fully saturated rings. The Bertz CT molecular complexity index is 730. The van der Waals surface area contributed by atoms with Gasteiger partial charge in [0.2, 0.25) is 11.8 Å². The third-order valence-electron chi connectivity index (χ3n) is 3.64. The molecule has 132 valence electrons. The summed E-state index contributed by atoms with van der Waals surface area (Å²) in [5.41, 5.74) is 0.906. The molecular weight excluding hydrogens is 356 g/mol. The molecule has 0 saturated heterocycles. The van der Waals surface area contributed by atoms with Crippen LogP contribution in [0.2, 0.25) is 4.34 Å². The number of hydrogen-bond donors (Lipinski definition) is 1. The van der Waals surface area contributed by atoms with Crippen molar-refractivity contribution in [1.29, 1.82) is 0 Å². The third kappa shape index (κ3) is 6.03. The van der Waals surface area contributed by atoms with Crippen LogP contribution in [-0.4, -0.2) is 23.3 Å². The molecule has 0 radical (unpaired) electrons. The maximum atomic E-state index is 12.8. The van der Waals surface area contributed by atoms with Gasteiger partial charge in [-0.05, 0) is 17.7 Å². The molecule has 4 nitrogen and oxygen atoms in total. The normalized spacial score (nSPS) is 11.6. The fourth-order valence-electron chi connectivity index (χ4n) is 2.52. The lowest BCUT2D eigenvalue weighted by atomic mass is 10.0. The van der Waals surface area contributed by atoms with Gasteiger partial charge in [0.1, 0.15) is 0 Å². The average molecular weight is 377 g/mol.